The number of nitrogen functional groups attached to an aromatic ring is 1. The lowest BCUT2D eigenvalue weighted by Gasteiger charge is -2.16. The Morgan fingerprint density at radius 3 is 3.00 bits per heavy atom. The summed E-state index contributed by atoms with van der Waals surface area (Å²) >= 11 is 0. The van der Waals surface area contributed by atoms with Gasteiger partial charge in [0.25, 0.3) is 5.91 Å². The molecule has 0 fully saturated rings. The number of benzene rings is 1. The summed E-state index contributed by atoms with van der Waals surface area (Å²) in [7, 11) is 0. The Kier molecular flexibility index (Phi) is 4.98. The number of pyridine rings is 1. The van der Waals surface area contributed by atoms with Crippen molar-refractivity contribution in [1.82, 2.24) is 10.3 Å². The van der Waals surface area contributed by atoms with Crippen LogP contribution >= 0.6 is 0 Å². The first-order chi connectivity index (χ1) is 10.1. The highest BCUT2D eigenvalue weighted by atomic mass is 16.5. The Hall–Kier alpha value is -2.30. The van der Waals surface area contributed by atoms with E-state index in [9.17, 15) is 4.79 Å². The molecule has 2 aromatic rings. The highest BCUT2D eigenvalue weighted by Gasteiger charge is 2.16. The van der Waals surface area contributed by atoms with E-state index in [0.29, 0.717) is 23.5 Å². The first kappa shape index (κ1) is 15.1. The van der Waals surface area contributed by atoms with E-state index in [1.54, 1.807) is 25.3 Å². The van der Waals surface area contributed by atoms with E-state index in [1.807, 2.05) is 12.1 Å². The largest absolute Gasteiger partial charge is 0.480 e. The summed E-state index contributed by atoms with van der Waals surface area (Å²) in [5.74, 6) is 0.503. The lowest BCUT2D eigenvalue weighted by molar-refractivity contribution is -0.127. The van der Waals surface area contributed by atoms with E-state index in [1.165, 1.54) is 0 Å². The standard InChI is InChI=1S/C16H21N3O2/c1-3-4-9-19-16(20)11(2)21-14-8-7-13(17)15-12(14)6-5-10-18-15/h5-8,10-11H,3-4,9,17H2,1-2H3,(H,19,20). The summed E-state index contributed by atoms with van der Waals surface area (Å²) in [5.41, 5.74) is 7.18. The van der Waals surface area contributed by atoms with Gasteiger partial charge < -0.3 is 15.8 Å². The van der Waals surface area contributed by atoms with Gasteiger partial charge in [-0.3, -0.25) is 9.78 Å². The van der Waals surface area contributed by atoms with Crippen LogP contribution in [-0.4, -0.2) is 23.5 Å². The summed E-state index contributed by atoms with van der Waals surface area (Å²) in [6.45, 7) is 4.49. The number of unbranched alkanes of at least 4 members (excludes halogenated alkanes) is 1. The number of aromatic nitrogens is 1. The molecule has 2 rings (SSSR count). The number of nitrogens with one attached hydrogen (secondary N) is 1. The number of ether oxygens (including phenoxy) is 1. The lowest BCUT2D eigenvalue weighted by atomic mass is 10.1. The fourth-order valence-electron chi connectivity index (χ4n) is 2.05. The molecule has 0 spiro atoms. The molecular weight excluding hydrogens is 266 g/mol. The van der Waals surface area contributed by atoms with Crippen LogP contribution in [0.1, 0.15) is 26.7 Å². The average Bonchev–Trinajstić information content (AvgIpc) is 2.50. The van der Waals surface area contributed by atoms with Gasteiger partial charge in [-0.1, -0.05) is 13.3 Å². The third-order valence-electron chi connectivity index (χ3n) is 3.26. The molecule has 0 saturated heterocycles. The lowest BCUT2D eigenvalue weighted by Crippen LogP contribution is -2.36. The molecule has 3 N–H and O–H groups in total. The molecule has 21 heavy (non-hydrogen) atoms. The predicted octanol–water partition coefficient (Wildman–Crippen LogP) is 2.50. The number of carbonyl (C=O) groups is 1. The molecule has 1 aromatic heterocycles. The molecule has 0 aliphatic carbocycles. The molecule has 0 radical (unpaired) electrons. The Bertz CT molecular complexity index is 628. The van der Waals surface area contributed by atoms with Crippen molar-refractivity contribution in [1.29, 1.82) is 0 Å². The molecule has 0 aliphatic rings. The van der Waals surface area contributed by atoms with Crippen molar-refractivity contribution in [2.24, 2.45) is 0 Å². The van der Waals surface area contributed by atoms with Crippen molar-refractivity contribution in [2.45, 2.75) is 32.8 Å². The molecular formula is C16H21N3O2. The van der Waals surface area contributed by atoms with Gasteiger partial charge in [0.2, 0.25) is 0 Å². The van der Waals surface area contributed by atoms with E-state index < -0.39 is 6.10 Å². The van der Waals surface area contributed by atoms with Crippen LogP contribution in [0.3, 0.4) is 0 Å². The Labute approximate surface area is 124 Å². The zero-order valence-corrected chi connectivity index (χ0v) is 12.4. The molecule has 1 unspecified atom stereocenters. The van der Waals surface area contributed by atoms with E-state index in [2.05, 4.69) is 17.2 Å². The Morgan fingerprint density at radius 2 is 2.24 bits per heavy atom. The molecule has 0 aliphatic heterocycles. The topological polar surface area (TPSA) is 77.2 Å². The second kappa shape index (κ2) is 6.92. The van der Waals surface area contributed by atoms with E-state index in [0.717, 1.165) is 18.2 Å². The minimum Gasteiger partial charge on any atom is -0.480 e. The molecule has 112 valence electrons. The van der Waals surface area contributed by atoms with Crippen molar-refractivity contribution < 1.29 is 9.53 Å². The maximum absolute atomic E-state index is 11.9. The quantitative estimate of drug-likeness (QED) is 0.632. The number of fused-ring (bicyclic) bond motifs is 1. The van der Waals surface area contributed by atoms with Crippen molar-refractivity contribution in [3.05, 3.63) is 30.5 Å². The van der Waals surface area contributed by atoms with Crippen LogP contribution < -0.4 is 15.8 Å². The monoisotopic (exact) mass is 287 g/mol. The van der Waals surface area contributed by atoms with Crippen molar-refractivity contribution in [3.8, 4) is 5.75 Å². The third-order valence-corrected chi connectivity index (χ3v) is 3.26. The first-order valence-electron chi connectivity index (χ1n) is 7.21. The van der Waals surface area contributed by atoms with Gasteiger partial charge >= 0.3 is 0 Å². The van der Waals surface area contributed by atoms with Gasteiger partial charge in [-0.15, -0.1) is 0 Å². The number of rotatable bonds is 6. The average molecular weight is 287 g/mol. The molecule has 0 bridgehead atoms. The molecule has 1 atom stereocenters. The summed E-state index contributed by atoms with van der Waals surface area (Å²) in [6.07, 6.45) is 3.13. The maximum Gasteiger partial charge on any atom is 0.260 e. The van der Waals surface area contributed by atoms with Gasteiger partial charge in [0.1, 0.15) is 5.75 Å². The molecule has 0 saturated carbocycles. The van der Waals surface area contributed by atoms with Gasteiger partial charge in [-0.2, -0.15) is 0 Å². The zero-order valence-electron chi connectivity index (χ0n) is 12.4. The number of nitrogens with zero attached hydrogens (tertiary/aromatic N) is 1. The van der Waals surface area contributed by atoms with Crippen LogP contribution in [-0.2, 0) is 4.79 Å². The SMILES string of the molecule is CCCCNC(=O)C(C)Oc1ccc(N)c2ncccc12. The van der Waals surface area contributed by atoms with Gasteiger partial charge in [0, 0.05) is 18.1 Å². The zero-order chi connectivity index (χ0) is 15.2. The van der Waals surface area contributed by atoms with Crippen molar-refractivity contribution in [2.75, 3.05) is 12.3 Å². The second-order valence-corrected chi connectivity index (χ2v) is 4.96. The predicted molar refractivity (Wildman–Crippen MR) is 84.2 cm³/mol. The fraction of sp³-hybridized carbons (Fsp3) is 0.375. The smallest absolute Gasteiger partial charge is 0.260 e. The summed E-state index contributed by atoms with van der Waals surface area (Å²) in [5, 5.41) is 3.67. The van der Waals surface area contributed by atoms with Crippen molar-refractivity contribution in [3.63, 3.8) is 0 Å². The summed E-state index contributed by atoms with van der Waals surface area (Å²) < 4.78 is 5.77. The number of anilines is 1. The maximum atomic E-state index is 11.9. The van der Waals surface area contributed by atoms with E-state index in [4.69, 9.17) is 10.5 Å². The number of amides is 1. The van der Waals surface area contributed by atoms with Gasteiger partial charge in [-0.25, -0.2) is 0 Å². The molecule has 5 nitrogen and oxygen atoms in total. The third kappa shape index (κ3) is 3.62. The van der Waals surface area contributed by atoms with Gasteiger partial charge in [0.05, 0.1) is 11.2 Å². The number of hydrogen-bond donors (Lipinski definition) is 2. The fourth-order valence-corrected chi connectivity index (χ4v) is 2.05. The Balaban J connectivity index is 2.13. The normalized spacial score (nSPS) is 12.1. The second-order valence-electron chi connectivity index (χ2n) is 4.96. The van der Waals surface area contributed by atoms with Crippen LogP contribution in [0.4, 0.5) is 5.69 Å². The first-order valence-corrected chi connectivity index (χ1v) is 7.21. The van der Waals surface area contributed by atoms with Crippen LogP contribution in [0.25, 0.3) is 10.9 Å². The minimum absolute atomic E-state index is 0.114. The number of hydrogen-bond acceptors (Lipinski definition) is 4. The van der Waals surface area contributed by atoms with Crippen LogP contribution in [0, 0.1) is 0 Å². The Morgan fingerprint density at radius 1 is 1.43 bits per heavy atom. The highest BCUT2D eigenvalue weighted by Crippen LogP contribution is 2.28. The van der Waals surface area contributed by atoms with Gasteiger partial charge in [0.15, 0.2) is 6.10 Å². The van der Waals surface area contributed by atoms with Crippen LogP contribution in [0.15, 0.2) is 30.5 Å². The van der Waals surface area contributed by atoms with E-state index >= 15 is 0 Å². The number of carbonyl (C=O) groups excluding carboxylic acids is 1. The van der Waals surface area contributed by atoms with E-state index in [-0.39, 0.29) is 5.91 Å². The molecule has 1 aromatic carbocycles. The minimum atomic E-state index is -0.561. The molecule has 5 heteroatoms. The molecule has 1 amide bonds. The molecule has 1 heterocycles. The summed E-state index contributed by atoms with van der Waals surface area (Å²) in [6, 6.07) is 7.22. The van der Waals surface area contributed by atoms with Crippen LogP contribution in [0.5, 0.6) is 5.75 Å². The van der Waals surface area contributed by atoms with Crippen molar-refractivity contribution >= 4 is 22.5 Å². The van der Waals surface area contributed by atoms with Crippen LogP contribution in [0.2, 0.25) is 0 Å². The summed E-state index contributed by atoms with van der Waals surface area (Å²) in [4.78, 5) is 16.2. The number of nitrogens with two attached hydrogens (primary N) is 1. The highest BCUT2D eigenvalue weighted by molar-refractivity contribution is 5.94. The van der Waals surface area contributed by atoms with Gasteiger partial charge in [-0.05, 0) is 37.6 Å².